The molecule has 1 aliphatic heterocycles. The number of halogens is 9. The first-order valence-corrected chi connectivity index (χ1v) is 14.9. The van der Waals surface area contributed by atoms with Gasteiger partial charge in [0.15, 0.2) is 0 Å². The predicted molar refractivity (Wildman–Crippen MR) is 151 cm³/mol. The molecule has 2 amide bonds. The minimum absolute atomic E-state index is 0.00792. The first-order valence-electron chi connectivity index (χ1n) is 14.9. The molecule has 0 radical (unpaired) electrons. The van der Waals surface area contributed by atoms with Crippen molar-refractivity contribution >= 4 is 23.8 Å². The molecule has 2 atom stereocenters. The second-order valence-electron chi connectivity index (χ2n) is 11.9. The first kappa shape index (κ1) is 37.4. The molecule has 0 aromatic heterocycles. The number of hydrogen-bond donors (Lipinski definition) is 1. The average molecular weight is 715 g/mol. The van der Waals surface area contributed by atoms with Gasteiger partial charge in [-0.2, -0.15) is 26.3 Å². The van der Waals surface area contributed by atoms with Gasteiger partial charge in [-0.1, -0.05) is 0 Å². The Labute approximate surface area is 273 Å². The largest absolute Gasteiger partial charge is 0.573 e. The van der Waals surface area contributed by atoms with Crippen LogP contribution in [0.1, 0.15) is 67.4 Å². The number of alkyl halides is 9. The average Bonchev–Trinajstić information content (AvgIpc) is 3.27. The Hall–Kier alpha value is -4.38. The number of nitrogens with zero attached hydrogens (tertiary/aromatic N) is 2. The second kappa shape index (κ2) is 14.2. The quantitative estimate of drug-likeness (QED) is 0.260. The number of amides is 2. The third kappa shape index (κ3) is 9.41. The van der Waals surface area contributed by atoms with Crippen LogP contribution in [0.5, 0.6) is 5.75 Å². The molecule has 4 rings (SSSR count). The number of aliphatic carboxylic acids is 1. The Morgan fingerprint density at radius 3 is 2.00 bits per heavy atom. The first-order chi connectivity index (χ1) is 22.7. The van der Waals surface area contributed by atoms with Crippen molar-refractivity contribution in [3.63, 3.8) is 0 Å². The minimum Gasteiger partial charge on any atom is -0.481 e. The number of hydrogen-bond acceptors (Lipinski definition) is 6. The molecule has 2 fully saturated rings. The number of methoxy groups -OCH3 is 1. The van der Waals surface area contributed by atoms with Crippen molar-refractivity contribution in [1.29, 1.82) is 0 Å². The molecule has 2 aromatic carbocycles. The van der Waals surface area contributed by atoms with E-state index in [-0.39, 0.29) is 42.1 Å². The van der Waals surface area contributed by atoms with Gasteiger partial charge in [0.25, 0.3) is 0 Å². The Kier molecular flexibility index (Phi) is 10.9. The number of rotatable bonds is 9. The van der Waals surface area contributed by atoms with Gasteiger partial charge < -0.3 is 19.3 Å². The maximum absolute atomic E-state index is 13.5. The van der Waals surface area contributed by atoms with Crippen LogP contribution in [0.15, 0.2) is 36.4 Å². The highest BCUT2D eigenvalue weighted by atomic mass is 19.4. The van der Waals surface area contributed by atoms with Gasteiger partial charge in [-0.05, 0) is 92.0 Å². The SMILES string of the molecule is COC(=O)N(CC1CCC(CC(=O)O)CC1)c1ccc(OC(F)(F)F)cc1CN1C(=O)O[C@H](c2cc(C(F)(F)F)cc(C(F)(F)F)c2)[C@@H]1C. The summed E-state index contributed by atoms with van der Waals surface area (Å²) in [4.78, 5) is 39.2. The predicted octanol–water partition coefficient (Wildman–Crippen LogP) is 8.56. The molecular weight excluding hydrogens is 683 g/mol. The molecule has 49 heavy (non-hydrogen) atoms. The number of carboxylic acid groups (broad SMARTS) is 1. The van der Waals surface area contributed by atoms with Crippen LogP contribution in [0.25, 0.3) is 0 Å². The molecule has 1 N–H and O–H groups in total. The van der Waals surface area contributed by atoms with Crippen LogP contribution < -0.4 is 9.64 Å². The molecule has 2 aromatic rings. The summed E-state index contributed by atoms with van der Waals surface area (Å²) in [6.45, 7) is 0.656. The fraction of sp³-hybridized carbons (Fsp3) is 0.516. The molecule has 270 valence electrons. The second-order valence-corrected chi connectivity index (χ2v) is 11.9. The van der Waals surface area contributed by atoms with Gasteiger partial charge in [-0.3, -0.25) is 14.6 Å². The monoisotopic (exact) mass is 714 g/mol. The highest BCUT2D eigenvalue weighted by molar-refractivity contribution is 5.89. The van der Waals surface area contributed by atoms with Crippen LogP contribution in [0.2, 0.25) is 0 Å². The molecule has 0 unspecified atom stereocenters. The summed E-state index contributed by atoms with van der Waals surface area (Å²) in [7, 11) is 1.06. The van der Waals surface area contributed by atoms with Crippen molar-refractivity contribution in [3.05, 3.63) is 58.7 Å². The number of carbonyl (C=O) groups is 3. The van der Waals surface area contributed by atoms with E-state index in [1.807, 2.05) is 0 Å². The van der Waals surface area contributed by atoms with Crippen LogP contribution >= 0.6 is 0 Å². The molecule has 1 saturated heterocycles. The molecule has 1 heterocycles. The van der Waals surface area contributed by atoms with Crippen molar-refractivity contribution in [2.75, 3.05) is 18.6 Å². The molecule has 0 bridgehead atoms. The third-order valence-electron chi connectivity index (χ3n) is 8.51. The van der Waals surface area contributed by atoms with Crippen molar-refractivity contribution in [2.45, 2.75) is 76.4 Å². The number of cyclic esters (lactones) is 1. The zero-order chi connectivity index (χ0) is 36.5. The standard InChI is InChI=1S/C31H31F9N2O7/c1-16-26(19-10-21(29(32,33)34)13-22(11-19)30(35,36)37)48-28(46)41(16)15-20-12-23(49-31(38,39)40)7-8-24(20)42(27(45)47-2)14-18-5-3-17(4-6-18)9-25(43)44/h7-8,10-13,16-18,26H,3-6,9,14-15H2,1-2H3,(H,43,44)/t16-,17?,18?,26-/m0/s1. The van der Waals surface area contributed by atoms with Crippen LogP contribution in [-0.2, 0) is 33.2 Å². The van der Waals surface area contributed by atoms with Crippen LogP contribution in [-0.4, -0.2) is 54.2 Å². The lowest BCUT2D eigenvalue weighted by atomic mass is 9.80. The van der Waals surface area contributed by atoms with E-state index < -0.39 is 78.0 Å². The molecule has 9 nitrogen and oxygen atoms in total. The molecule has 0 spiro atoms. The summed E-state index contributed by atoms with van der Waals surface area (Å²) >= 11 is 0. The Balaban J connectivity index is 1.68. The van der Waals surface area contributed by atoms with Gasteiger partial charge in [0.2, 0.25) is 0 Å². The molecule has 2 aliphatic rings. The smallest absolute Gasteiger partial charge is 0.481 e. The number of benzene rings is 2. The maximum Gasteiger partial charge on any atom is 0.573 e. The molecule has 1 aliphatic carbocycles. The van der Waals surface area contributed by atoms with Crippen molar-refractivity contribution < 1.29 is 73.2 Å². The van der Waals surface area contributed by atoms with E-state index >= 15 is 0 Å². The number of anilines is 1. The van der Waals surface area contributed by atoms with E-state index in [1.54, 1.807) is 0 Å². The topological polar surface area (TPSA) is 106 Å². The summed E-state index contributed by atoms with van der Waals surface area (Å²) in [5.41, 5.74) is -4.02. The minimum atomic E-state index is -5.18. The fourth-order valence-electron chi connectivity index (χ4n) is 6.14. The van der Waals surface area contributed by atoms with Crippen molar-refractivity contribution in [3.8, 4) is 5.75 Å². The lowest BCUT2D eigenvalue weighted by Gasteiger charge is -2.33. The van der Waals surface area contributed by atoms with Gasteiger partial charge in [-0.25, -0.2) is 9.59 Å². The van der Waals surface area contributed by atoms with Crippen LogP contribution in [0.3, 0.4) is 0 Å². The Bertz CT molecular complexity index is 1500. The van der Waals surface area contributed by atoms with E-state index in [4.69, 9.17) is 14.6 Å². The summed E-state index contributed by atoms with van der Waals surface area (Å²) in [6, 6.07) is 2.44. The fourth-order valence-corrected chi connectivity index (χ4v) is 6.14. The summed E-state index contributed by atoms with van der Waals surface area (Å²) < 4.78 is 135. The highest BCUT2D eigenvalue weighted by Gasteiger charge is 2.44. The van der Waals surface area contributed by atoms with E-state index in [9.17, 15) is 53.9 Å². The van der Waals surface area contributed by atoms with Gasteiger partial charge >= 0.3 is 36.9 Å². The lowest BCUT2D eigenvalue weighted by Crippen LogP contribution is -2.38. The van der Waals surface area contributed by atoms with E-state index in [0.29, 0.717) is 37.8 Å². The normalized spacial score (nSPS) is 21.7. The van der Waals surface area contributed by atoms with Gasteiger partial charge in [0.05, 0.1) is 36.5 Å². The van der Waals surface area contributed by atoms with Gasteiger partial charge in [0, 0.05) is 13.0 Å². The maximum atomic E-state index is 13.5. The Morgan fingerprint density at radius 2 is 1.49 bits per heavy atom. The summed E-state index contributed by atoms with van der Waals surface area (Å²) in [5, 5.41) is 9.10. The van der Waals surface area contributed by atoms with E-state index in [0.717, 1.165) is 35.1 Å². The van der Waals surface area contributed by atoms with Crippen molar-refractivity contribution in [2.24, 2.45) is 11.8 Å². The zero-order valence-corrected chi connectivity index (χ0v) is 25.9. The molecule has 18 heteroatoms. The number of carboxylic acids is 1. The van der Waals surface area contributed by atoms with E-state index in [1.165, 1.54) is 6.92 Å². The van der Waals surface area contributed by atoms with Crippen LogP contribution in [0, 0.1) is 11.8 Å². The third-order valence-corrected chi connectivity index (χ3v) is 8.51. The molecular formula is C31H31F9N2O7. The number of carbonyl (C=O) groups excluding carboxylic acids is 2. The van der Waals surface area contributed by atoms with Gasteiger partial charge in [-0.15, -0.1) is 13.2 Å². The summed E-state index contributed by atoms with van der Waals surface area (Å²) in [6.07, 6.45) is -17.2. The van der Waals surface area contributed by atoms with Crippen LogP contribution in [0.4, 0.5) is 54.8 Å². The molecule has 1 saturated carbocycles. The van der Waals surface area contributed by atoms with E-state index in [2.05, 4.69) is 4.74 Å². The zero-order valence-electron chi connectivity index (χ0n) is 25.9. The summed E-state index contributed by atoms with van der Waals surface area (Å²) in [5.74, 6) is -1.94. The Morgan fingerprint density at radius 1 is 0.918 bits per heavy atom. The highest BCUT2D eigenvalue weighted by Crippen LogP contribution is 2.42. The number of ether oxygens (including phenoxy) is 3. The van der Waals surface area contributed by atoms with Crippen molar-refractivity contribution in [1.82, 2.24) is 4.90 Å². The van der Waals surface area contributed by atoms with Gasteiger partial charge in [0.1, 0.15) is 11.9 Å². The lowest BCUT2D eigenvalue weighted by molar-refractivity contribution is -0.274.